The summed E-state index contributed by atoms with van der Waals surface area (Å²) in [6.45, 7) is 5.19. The van der Waals surface area contributed by atoms with Gasteiger partial charge in [0.1, 0.15) is 11.1 Å². The standard InChI is InChI=1S/C10H13N5O3S/c1-10(2,3)18-9(17)15-7-12-5-4(6(16)14-7)11-8(19)13-5/h1-3H3,(H4,11,12,13,14,15,16,17,19). The fourth-order valence-corrected chi connectivity index (χ4v) is 1.59. The minimum atomic E-state index is -0.705. The highest BCUT2D eigenvalue weighted by Crippen LogP contribution is 2.09. The Morgan fingerprint density at radius 2 is 2.00 bits per heavy atom. The molecule has 19 heavy (non-hydrogen) atoms. The second kappa shape index (κ2) is 4.50. The predicted octanol–water partition coefficient (Wildman–Crippen LogP) is 1.66. The Morgan fingerprint density at radius 1 is 1.32 bits per heavy atom. The van der Waals surface area contributed by atoms with Crippen LogP contribution >= 0.6 is 12.2 Å². The van der Waals surface area contributed by atoms with Gasteiger partial charge < -0.3 is 14.7 Å². The van der Waals surface area contributed by atoms with E-state index in [0.717, 1.165) is 0 Å². The molecule has 2 rings (SSSR count). The minimum absolute atomic E-state index is 0.0167. The van der Waals surface area contributed by atoms with Crippen molar-refractivity contribution in [2.75, 3.05) is 5.32 Å². The number of H-pyrrole nitrogens is 3. The Kier molecular flexibility index (Phi) is 3.14. The van der Waals surface area contributed by atoms with E-state index in [1.165, 1.54) is 0 Å². The summed E-state index contributed by atoms with van der Waals surface area (Å²) in [5.41, 5.74) is -0.592. The van der Waals surface area contributed by atoms with E-state index < -0.39 is 17.3 Å². The summed E-state index contributed by atoms with van der Waals surface area (Å²) < 4.78 is 5.33. The fourth-order valence-electron chi connectivity index (χ4n) is 1.39. The third kappa shape index (κ3) is 3.19. The molecule has 2 aromatic rings. The molecular weight excluding hydrogens is 270 g/mol. The lowest BCUT2D eigenvalue weighted by atomic mass is 10.2. The number of amides is 1. The molecule has 0 aliphatic rings. The SMILES string of the molecule is CC(C)(C)OC(=O)Nc1nc2[nH]c(=S)[nH]c2c(=O)[nH]1. The molecule has 0 aromatic carbocycles. The number of ether oxygens (including phenoxy) is 1. The second-order valence-electron chi connectivity index (χ2n) is 4.84. The molecule has 0 bridgehead atoms. The van der Waals surface area contributed by atoms with Crippen LogP contribution in [0.5, 0.6) is 0 Å². The quantitative estimate of drug-likeness (QED) is 0.594. The van der Waals surface area contributed by atoms with Crippen LogP contribution in [-0.4, -0.2) is 31.6 Å². The molecule has 0 atom stereocenters. The van der Waals surface area contributed by atoms with Gasteiger partial charge in [0.25, 0.3) is 5.56 Å². The lowest BCUT2D eigenvalue weighted by Crippen LogP contribution is -2.28. The molecule has 8 nitrogen and oxygen atoms in total. The molecule has 0 unspecified atom stereocenters. The van der Waals surface area contributed by atoms with Crippen LogP contribution in [0.15, 0.2) is 4.79 Å². The lowest BCUT2D eigenvalue weighted by Gasteiger charge is -2.19. The molecule has 0 saturated heterocycles. The number of imidazole rings is 1. The number of aromatic nitrogens is 4. The van der Waals surface area contributed by atoms with Gasteiger partial charge in [-0.1, -0.05) is 0 Å². The van der Waals surface area contributed by atoms with Gasteiger partial charge in [-0.05, 0) is 33.0 Å². The molecular formula is C10H13N5O3S. The van der Waals surface area contributed by atoms with Gasteiger partial charge in [-0.15, -0.1) is 0 Å². The van der Waals surface area contributed by atoms with Crippen LogP contribution in [0.25, 0.3) is 11.2 Å². The molecule has 9 heteroatoms. The first-order valence-corrected chi connectivity index (χ1v) is 5.88. The van der Waals surface area contributed by atoms with Crippen molar-refractivity contribution in [3.05, 3.63) is 15.1 Å². The molecule has 0 fully saturated rings. The van der Waals surface area contributed by atoms with E-state index in [4.69, 9.17) is 17.0 Å². The zero-order chi connectivity index (χ0) is 14.2. The van der Waals surface area contributed by atoms with Crippen molar-refractivity contribution in [1.29, 1.82) is 0 Å². The zero-order valence-electron chi connectivity index (χ0n) is 10.6. The van der Waals surface area contributed by atoms with Gasteiger partial charge >= 0.3 is 6.09 Å². The maximum absolute atomic E-state index is 11.7. The Morgan fingerprint density at radius 3 is 2.63 bits per heavy atom. The molecule has 0 radical (unpaired) electrons. The van der Waals surface area contributed by atoms with Gasteiger partial charge in [-0.25, -0.2) is 4.79 Å². The highest BCUT2D eigenvalue weighted by atomic mass is 32.1. The third-order valence-electron chi connectivity index (χ3n) is 2.01. The maximum Gasteiger partial charge on any atom is 0.414 e. The third-order valence-corrected chi connectivity index (χ3v) is 2.21. The first kappa shape index (κ1) is 13.3. The Hall–Kier alpha value is -2.16. The molecule has 0 aliphatic carbocycles. The Bertz CT molecular complexity index is 736. The number of nitrogens with zero attached hydrogens (tertiary/aromatic N) is 1. The molecule has 0 aliphatic heterocycles. The van der Waals surface area contributed by atoms with Crippen molar-refractivity contribution in [3.63, 3.8) is 0 Å². The number of carbonyl (C=O) groups excluding carboxylic acids is 1. The number of anilines is 1. The number of hydrogen-bond donors (Lipinski definition) is 4. The van der Waals surface area contributed by atoms with Gasteiger partial charge in [-0.3, -0.25) is 15.1 Å². The van der Waals surface area contributed by atoms with Crippen molar-refractivity contribution in [1.82, 2.24) is 19.9 Å². The lowest BCUT2D eigenvalue weighted by molar-refractivity contribution is 0.0634. The molecule has 2 aromatic heterocycles. The molecule has 0 saturated carbocycles. The number of hydrogen-bond acceptors (Lipinski definition) is 5. The molecule has 2 heterocycles. The first-order chi connectivity index (χ1) is 8.74. The van der Waals surface area contributed by atoms with Crippen LogP contribution in [0.2, 0.25) is 0 Å². The average Bonchev–Trinajstić information content (AvgIpc) is 2.55. The van der Waals surface area contributed by atoms with E-state index in [1.54, 1.807) is 20.8 Å². The van der Waals surface area contributed by atoms with Gasteiger partial charge in [0, 0.05) is 0 Å². The normalized spacial score (nSPS) is 11.5. The maximum atomic E-state index is 11.7. The van der Waals surface area contributed by atoms with E-state index in [9.17, 15) is 9.59 Å². The summed E-state index contributed by atoms with van der Waals surface area (Å²) in [6, 6.07) is 0. The predicted molar refractivity (Wildman–Crippen MR) is 71.8 cm³/mol. The molecule has 1 amide bonds. The van der Waals surface area contributed by atoms with Gasteiger partial charge in [0.05, 0.1) is 0 Å². The average molecular weight is 283 g/mol. The number of fused-ring (bicyclic) bond motifs is 1. The fraction of sp³-hybridized carbons (Fsp3) is 0.400. The monoisotopic (exact) mass is 283 g/mol. The Balaban J connectivity index is 2.29. The van der Waals surface area contributed by atoms with Crippen molar-refractivity contribution in [3.8, 4) is 0 Å². The largest absolute Gasteiger partial charge is 0.444 e. The summed E-state index contributed by atoms with van der Waals surface area (Å²) in [5, 5.41) is 2.34. The van der Waals surface area contributed by atoms with Crippen LogP contribution in [0, 0.1) is 4.77 Å². The summed E-state index contributed by atoms with van der Waals surface area (Å²) in [7, 11) is 0. The Labute approximate surface area is 112 Å². The summed E-state index contributed by atoms with van der Waals surface area (Å²) >= 11 is 4.86. The number of aromatic amines is 3. The van der Waals surface area contributed by atoms with E-state index in [0.29, 0.717) is 0 Å². The minimum Gasteiger partial charge on any atom is -0.444 e. The van der Waals surface area contributed by atoms with Crippen LogP contribution in [0.3, 0.4) is 0 Å². The summed E-state index contributed by atoms with van der Waals surface area (Å²) in [5.74, 6) is -0.0167. The van der Waals surface area contributed by atoms with Gasteiger partial charge in [-0.2, -0.15) is 4.98 Å². The smallest absolute Gasteiger partial charge is 0.414 e. The van der Waals surface area contributed by atoms with E-state index in [-0.39, 0.29) is 21.9 Å². The van der Waals surface area contributed by atoms with Crippen molar-refractivity contribution < 1.29 is 9.53 Å². The van der Waals surface area contributed by atoms with Gasteiger partial charge in [0.15, 0.2) is 10.4 Å². The van der Waals surface area contributed by atoms with E-state index in [2.05, 4.69) is 25.3 Å². The van der Waals surface area contributed by atoms with Crippen LogP contribution in [0.4, 0.5) is 10.7 Å². The summed E-state index contributed by atoms with van der Waals surface area (Å²) in [4.78, 5) is 35.0. The van der Waals surface area contributed by atoms with Crippen molar-refractivity contribution in [2.45, 2.75) is 26.4 Å². The van der Waals surface area contributed by atoms with Gasteiger partial charge in [0.2, 0.25) is 5.95 Å². The second-order valence-corrected chi connectivity index (χ2v) is 5.25. The van der Waals surface area contributed by atoms with E-state index in [1.807, 2.05) is 0 Å². The topological polar surface area (TPSA) is 116 Å². The highest BCUT2D eigenvalue weighted by molar-refractivity contribution is 7.71. The van der Waals surface area contributed by atoms with Crippen molar-refractivity contribution in [2.24, 2.45) is 0 Å². The van der Waals surface area contributed by atoms with Crippen LogP contribution in [-0.2, 0) is 4.74 Å². The van der Waals surface area contributed by atoms with E-state index >= 15 is 0 Å². The van der Waals surface area contributed by atoms with Crippen LogP contribution < -0.4 is 10.9 Å². The molecule has 0 spiro atoms. The zero-order valence-corrected chi connectivity index (χ0v) is 11.4. The summed E-state index contributed by atoms with van der Waals surface area (Å²) in [6.07, 6.45) is -0.705. The number of nitrogens with one attached hydrogen (secondary N) is 4. The molecule has 102 valence electrons. The first-order valence-electron chi connectivity index (χ1n) is 5.47. The van der Waals surface area contributed by atoms with Crippen molar-refractivity contribution >= 4 is 35.4 Å². The van der Waals surface area contributed by atoms with Crippen LogP contribution in [0.1, 0.15) is 20.8 Å². The highest BCUT2D eigenvalue weighted by Gasteiger charge is 2.17. The number of carbonyl (C=O) groups is 1. The molecule has 4 N–H and O–H groups in total. The number of rotatable bonds is 1.